The second-order valence-corrected chi connectivity index (χ2v) is 3.47. The SMILES string of the molecule is COC(=O)c1cc2ccc([B-](F)(F)F)cc2o1. The molecule has 1 aromatic carbocycles. The number of carbonyl (C=O) groups is 1. The predicted octanol–water partition coefficient (Wildman–Crippen LogP) is 2.27. The van der Waals surface area contributed by atoms with E-state index in [0.29, 0.717) is 5.39 Å². The van der Waals surface area contributed by atoms with Crippen LogP contribution in [0.2, 0.25) is 0 Å². The summed E-state index contributed by atoms with van der Waals surface area (Å²) >= 11 is 0. The fourth-order valence-corrected chi connectivity index (χ4v) is 1.45. The van der Waals surface area contributed by atoms with Crippen molar-refractivity contribution in [3.05, 3.63) is 30.0 Å². The lowest BCUT2D eigenvalue weighted by atomic mass is 9.80. The average Bonchev–Trinajstić information content (AvgIpc) is 2.69. The normalized spacial score (nSPS) is 11.8. The van der Waals surface area contributed by atoms with Gasteiger partial charge in [-0.3, -0.25) is 0 Å². The Labute approximate surface area is 94.2 Å². The average molecular weight is 243 g/mol. The Morgan fingerprint density at radius 3 is 2.59 bits per heavy atom. The van der Waals surface area contributed by atoms with Crippen LogP contribution in [0.4, 0.5) is 12.9 Å². The molecule has 3 nitrogen and oxygen atoms in total. The first-order valence-electron chi connectivity index (χ1n) is 4.73. The van der Waals surface area contributed by atoms with Gasteiger partial charge in [0.2, 0.25) is 5.76 Å². The quantitative estimate of drug-likeness (QED) is 0.599. The second-order valence-electron chi connectivity index (χ2n) is 3.47. The Balaban J connectivity index is 2.52. The Kier molecular flexibility index (Phi) is 2.61. The monoisotopic (exact) mass is 243 g/mol. The van der Waals surface area contributed by atoms with Crippen molar-refractivity contribution in [2.75, 3.05) is 7.11 Å². The number of ether oxygens (including phenoxy) is 1. The highest BCUT2D eigenvalue weighted by atomic mass is 19.4. The highest BCUT2D eigenvalue weighted by Gasteiger charge is 2.26. The Bertz CT molecular complexity index is 574. The molecule has 0 N–H and O–H groups in total. The van der Waals surface area contributed by atoms with Gasteiger partial charge in [0.25, 0.3) is 0 Å². The summed E-state index contributed by atoms with van der Waals surface area (Å²) in [5, 5.41) is 0.425. The second kappa shape index (κ2) is 3.83. The van der Waals surface area contributed by atoms with Crippen LogP contribution in [0.1, 0.15) is 10.6 Å². The molecule has 0 aliphatic heterocycles. The maximum absolute atomic E-state index is 12.5. The fourth-order valence-electron chi connectivity index (χ4n) is 1.45. The molecule has 1 heterocycles. The van der Waals surface area contributed by atoms with Crippen molar-refractivity contribution in [2.24, 2.45) is 0 Å². The summed E-state index contributed by atoms with van der Waals surface area (Å²) in [6.45, 7) is -5.07. The standard InChI is InChI=1S/C10H7BF3O3/c1-16-10(15)9-4-6-2-3-7(11(12,13)14)5-8(6)17-9/h2-5H,1H3/q-1. The van der Waals surface area contributed by atoms with Gasteiger partial charge in [-0.2, -0.15) is 0 Å². The van der Waals surface area contributed by atoms with Crippen molar-refractivity contribution in [1.29, 1.82) is 0 Å². The third kappa shape index (κ3) is 2.13. The van der Waals surface area contributed by atoms with E-state index in [1.165, 1.54) is 19.2 Å². The van der Waals surface area contributed by atoms with Crippen LogP contribution in [-0.2, 0) is 4.74 Å². The Hall–Kier alpha value is -1.92. The molecule has 0 saturated carbocycles. The van der Waals surface area contributed by atoms with E-state index in [4.69, 9.17) is 4.42 Å². The first-order valence-corrected chi connectivity index (χ1v) is 4.73. The van der Waals surface area contributed by atoms with Crippen molar-refractivity contribution < 1.29 is 26.9 Å². The van der Waals surface area contributed by atoms with E-state index in [1.54, 1.807) is 0 Å². The zero-order chi connectivity index (χ0) is 12.6. The molecule has 0 unspecified atom stereocenters. The first-order chi connectivity index (χ1) is 7.91. The van der Waals surface area contributed by atoms with E-state index < -0.39 is 18.4 Å². The summed E-state index contributed by atoms with van der Waals surface area (Å²) in [7, 11) is 1.17. The van der Waals surface area contributed by atoms with E-state index >= 15 is 0 Å². The van der Waals surface area contributed by atoms with Gasteiger partial charge in [0.1, 0.15) is 5.58 Å². The van der Waals surface area contributed by atoms with Gasteiger partial charge in [-0.25, -0.2) is 4.79 Å². The molecule has 1 aromatic heterocycles. The van der Waals surface area contributed by atoms with Crippen LogP contribution in [-0.4, -0.2) is 20.1 Å². The molecular weight excluding hydrogens is 236 g/mol. The number of hydrogen-bond acceptors (Lipinski definition) is 3. The number of carbonyl (C=O) groups excluding carboxylic acids is 1. The molecule has 7 heteroatoms. The van der Waals surface area contributed by atoms with Crippen molar-refractivity contribution in [2.45, 2.75) is 0 Å². The highest BCUT2D eigenvalue weighted by Crippen LogP contribution is 2.20. The third-order valence-corrected chi connectivity index (χ3v) is 2.31. The van der Waals surface area contributed by atoms with Crippen molar-refractivity contribution >= 4 is 29.4 Å². The number of fused-ring (bicyclic) bond motifs is 1. The van der Waals surface area contributed by atoms with Gasteiger partial charge in [0.05, 0.1) is 7.11 Å². The molecule has 0 atom stereocenters. The van der Waals surface area contributed by atoms with Gasteiger partial charge in [0.15, 0.2) is 0 Å². The maximum atomic E-state index is 12.5. The maximum Gasteiger partial charge on any atom is 0.509 e. The summed E-state index contributed by atoms with van der Waals surface area (Å²) in [6.07, 6.45) is 0. The number of halogens is 3. The van der Waals surface area contributed by atoms with Gasteiger partial charge < -0.3 is 22.1 Å². The lowest BCUT2D eigenvalue weighted by Gasteiger charge is -2.13. The smallest absolute Gasteiger partial charge is 0.463 e. The van der Waals surface area contributed by atoms with Gasteiger partial charge in [-0.05, 0) is 12.1 Å². The van der Waals surface area contributed by atoms with Crippen LogP contribution in [0, 0.1) is 0 Å². The molecule has 0 fully saturated rings. The van der Waals surface area contributed by atoms with E-state index in [-0.39, 0.29) is 11.3 Å². The van der Waals surface area contributed by atoms with E-state index in [2.05, 4.69) is 4.74 Å². The number of benzene rings is 1. The van der Waals surface area contributed by atoms with E-state index in [9.17, 15) is 17.7 Å². The molecule has 0 saturated heterocycles. The molecule has 0 aliphatic carbocycles. The lowest BCUT2D eigenvalue weighted by molar-refractivity contribution is 0.0567. The van der Waals surface area contributed by atoms with Crippen LogP contribution in [0.25, 0.3) is 11.0 Å². The van der Waals surface area contributed by atoms with Crippen molar-refractivity contribution in [3.63, 3.8) is 0 Å². The number of hydrogen-bond donors (Lipinski definition) is 0. The van der Waals surface area contributed by atoms with Gasteiger partial charge in [0, 0.05) is 5.39 Å². The minimum atomic E-state index is -5.07. The molecule has 17 heavy (non-hydrogen) atoms. The van der Waals surface area contributed by atoms with E-state index in [0.717, 1.165) is 12.1 Å². The molecule has 0 amide bonds. The summed E-state index contributed by atoms with van der Waals surface area (Å²) in [6, 6.07) is 4.44. The number of esters is 1. The molecule has 2 aromatic rings. The molecule has 0 spiro atoms. The lowest BCUT2D eigenvalue weighted by Crippen LogP contribution is -2.33. The van der Waals surface area contributed by atoms with Crippen LogP contribution >= 0.6 is 0 Å². The summed E-state index contributed by atoms with van der Waals surface area (Å²) in [5.74, 6) is -0.838. The Morgan fingerprint density at radius 1 is 1.29 bits per heavy atom. The van der Waals surface area contributed by atoms with Crippen LogP contribution < -0.4 is 5.46 Å². The van der Waals surface area contributed by atoms with Gasteiger partial charge in [-0.15, -0.1) is 5.46 Å². The minimum absolute atomic E-state index is 0.0158. The minimum Gasteiger partial charge on any atom is -0.463 e. The van der Waals surface area contributed by atoms with Gasteiger partial charge in [-0.1, -0.05) is 12.1 Å². The van der Waals surface area contributed by atoms with Crippen molar-refractivity contribution in [3.8, 4) is 0 Å². The molecule has 0 bridgehead atoms. The fraction of sp³-hybridized carbons (Fsp3) is 0.100. The zero-order valence-electron chi connectivity index (χ0n) is 8.75. The molecule has 2 rings (SSSR count). The van der Waals surface area contributed by atoms with Crippen LogP contribution in [0.3, 0.4) is 0 Å². The Morgan fingerprint density at radius 2 is 2.00 bits per heavy atom. The number of furan rings is 1. The number of methoxy groups -OCH3 is 1. The highest BCUT2D eigenvalue weighted by molar-refractivity contribution is 6.73. The molecule has 0 aliphatic rings. The zero-order valence-corrected chi connectivity index (χ0v) is 8.75. The summed E-state index contributed by atoms with van der Waals surface area (Å²) in [4.78, 5) is 11.1. The number of rotatable bonds is 2. The van der Waals surface area contributed by atoms with Crippen molar-refractivity contribution in [1.82, 2.24) is 0 Å². The van der Waals surface area contributed by atoms with Crippen LogP contribution in [0.15, 0.2) is 28.7 Å². The summed E-state index contributed by atoms with van der Waals surface area (Å²) < 4.78 is 46.8. The van der Waals surface area contributed by atoms with Crippen LogP contribution in [0.5, 0.6) is 0 Å². The first kappa shape index (κ1) is 11.6. The largest absolute Gasteiger partial charge is 0.509 e. The third-order valence-electron chi connectivity index (χ3n) is 2.31. The van der Waals surface area contributed by atoms with Gasteiger partial charge >= 0.3 is 12.9 Å². The predicted molar refractivity (Wildman–Crippen MR) is 56.3 cm³/mol. The topological polar surface area (TPSA) is 39.4 Å². The van der Waals surface area contributed by atoms with E-state index in [1.807, 2.05) is 0 Å². The molecular formula is C10H7BF3O3-. The molecule has 0 radical (unpaired) electrons. The summed E-state index contributed by atoms with van der Waals surface area (Å²) in [5.41, 5.74) is -0.745. The molecule has 90 valence electrons.